The summed E-state index contributed by atoms with van der Waals surface area (Å²) < 4.78 is 10.5. The number of hydrogen-bond acceptors (Lipinski definition) is 4. The number of carbonyl (C=O) groups excluding carboxylic acids is 1. The Labute approximate surface area is 129 Å². The lowest BCUT2D eigenvalue weighted by Crippen LogP contribution is -2.23. The van der Waals surface area contributed by atoms with Crippen LogP contribution >= 0.6 is 0 Å². The molecule has 0 fully saturated rings. The maximum Gasteiger partial charge on any atom is 0.274 e. The van der Waals surface area contributed by atoms with Gasteiger partial charge in [-0.05, 0) is 42.1 Å². The van der Waals surface area contributed by atoms with Crippen molar-refractivity contribution in [2.45, 2.75) is 13.0 Å². The minimum absolute atomic E-state index is 0.0177. The van der Waals surface area contributed by atoms with E-state index in [-0.39, 0.29) is 30.0 Å². The lowest BCUT2D eigenvalue weighted by Gasteiger charge is -2.12. The number of amides is 1. The Bertz CT molecular complexity index is 422. The van der Waals surface area contributed by atoms with E-state index in [1.54, 1.807) is 24.3 Å². The van der Waals surface area contributed by atoms with Gasteiger partial charge in [0.2, 0.25) is 0 Å². The number of benzene rings is 1. The van der Waals surface area contributed by atoms with Gasteiger partial charge < -0.3 is 19.9 Å². The van der Waals surface area contributed by atoms with Gasteiger partial charge in [0.15, 0.2) is 5.75 Å². The Hall–Kier alpha value is -1.24. The molecule has 0 spiro atoms. The van der Waals surface area contributed by atoms with Crippen LogP contribution in [-0.4, -0.2) is 55.2 Å². The van der Waals surface area contributed by atoms with Gasteiger partial charge in [-0.15, -0.1) is 0 Å². The van der Waals surface area contributed by atoms with Gasteiger partial charge in [-0.2, -0.15) is 0 Å². The van der Waals surface area contributed by atoms with Crippen molar-refractivity contribution in [3.05, 3.63) is 24.3 Å². The van der Waals surface area contributed by atoms with Crippen LogP contribution < -0.4 is 10.1 Å². The first kappa shape index (κ1) is 17.8. The maximum atomic E-state index is 11.6. The van der Waals surface area contributed by atoms with Crippen LogP contribution in [0.1, 0.15) is 6.92 Å². The van der Waals surface area contributed by atoms with E-state index in [2.05, 4.69) is 5.32 Å². The Morgan fingerprint density at radius 1 is 1.29 bits per heavy atom. The van der Waals surface area contributed by atoms with Crippen molar-refractivity contribution in [2.75, 3.05) is 43.4 Å². The largest absolute Gasteiger partial charge is 0.491 e. The Balaban J connectivity index is 2.38. The van der Waals surface area contributed by atoms with Crippen molar-refractivity contribution in [3.8, 4) is 5.75 Å². The summed E-state index contributed by atoms with van der Waals surface area (Å²) in [5, 5.41) is 12.4. The number of aliphatic hydroxyl groups excluding tert-OH is 1. The highest BCUT2D eigenvalue weighted by atomic mass is 32.2. The van der Waals surface area contributed by atoms with Crippen LogP contribution in [0.15, 0.2) is 24.3 Å². The molecule has 0 heterocycles. The van der Waals surface area contributed by atoms with Gasteiger partial charge in [0, 0.05) is 12.3 Å². The number of aliphatic hydroxyl groups is 1. The number of rotatable bonds is 9. The molecule has 118 valence electrons. The molecule has 2 N–H and O–H groups in total. The van der Waals surface area contributed by atoms with Crippen molar-refractivity contribution in [1.82, 2.24) is 0 Å². The van der Waals surface area contributed by atoms with Gasteiger partial charge in [0.25, 0.3) is 5.91 Å². The summed E-state index contributed by atoms with van der Waals surface area (Å²) in [6.07, 6.45) is 3.42. The van der Waals surface area contributed by atoms with Crippen LogP contribution in [-0.2, 0) is 20.4 Å². The molecule has 0 aliphatic carbocycles. The molecule has 1 unspecified atom stereocenters. The number of nitrogens with one attached hydrogen (secondary N) is 1. The van der Waals surface area contributed by atoms with Gasteiger partial charge in [0.05, 0.1) is 19.1 Å². The summed E-state index contributed by atoms with van der Waals surface area (Å²) >= 11 is 0. The number of ether oxygens (including phenoxy) is 2. The third-order valence-electron chi connectivity index (χ3n) is 2.51. The average Bonchev–Trinajstić information content (AvgIpc) is 2.43. The van der Waals surface area contributed by atoms with Crippen molar-refractivity contribution < 1.29 is 19.4 Å². The van der Waals surface area contributed by atoms with Gasteiger partial charge >= 0.3 is 0 Å². The summed E-state index contributed by atoms with van der Waals surface area (Å²) in [5.74, 6) is 1.19. The predicted molar refractivity (Wildman–Crippen MR) is 87.1 cm³/mol. The second kappa shape index (κ2) is 9.65. The van der Waals surface area contributed by atoms with Gasteiger partial charge in [-0.1, -0.05) is 0 Å². The second-order valence-electron chi connectivity index (χ2n) is 4.83. The normalized spacial score (nSPS) is 12.2. The third-order valence-corrected chi connectivity index (χ3v) is 3.35. The van der Waals surface area contributed by atoms with E-state index in [1.165, 1.54) is 0 Å². The van der Waals surface area contributed by atoms with Gasteiger partial charge in [0.1, 0.15) is 18.5 Å². The standard InChI is InChI=1S/C15H23NO4S/c1-4-19-9-13(17)10-20-14-7-5-12(6-8-14)16-15(18)11-21(2)3/h5-8,13,17H,4,9-11H2,1-3H3/p+1. The highest BCUT2D eigenvalue weighted by Gasteiger charge is 2.11. The number of anilines is 1. The van der Waals surface area contributed by atoms with E-state index < -0.39 is 6.10 Å². The van der Waals surface area contributed by atoms with Crippen LogP contribution in [0.5, 0.6) is 5.75 Å². The molecule has 1 atom stereocenters. The molecule has 5 nitrogen and oxygen atoms in total. The lowest BCUT2D eigenvalue weighted by atomic mass is 10.3. The molecule has 6 heteroatoms. The van der Waals surface area contributed by atoms with Crippen molar-refractivity contribution in [1.29, 1.82) is 0 Å². The lowest BCUT2D eigenvalue weighted by molar-refractivity contribution is -0.113. The highest BCUT2D eigenvalue weighted by molar-refractivity contribution is 7.96. The summed E-state index contributed by atoms with van der Waals surface area (Å²) in [6.45, 7) is 2.89. The summed E-state index contributed by atoms with van der Waals surface area (Å²) in [7, 11) is 0.0886. The molecule has 0 aliphatic heterocycles. The molecule has 0 saturated carbocycles. The monoisotopic (exact) mass is 314 g/mol. The fourth-order valence-electron chi connectivity index (χ4n) is 1.59. The van der Waals surface area contributed by atoms with Crippen molar-refractivity contribution >= 4 is 22.5 Å². The molecule has 0 saturated heterocycles. The molecule has 1 aromatic carbocycles. The summed E-state index contributed by atoms with van der Waals surface area (Å²) in [5.41, 5.74) is 0.743. The first-order chi connectivity index (χ1) is 10.0. The van der Waals surface area contributed by atoms with Crippen LogP contribution in [0.4, 0.5) is 5.69 Å². The van der Waals surface area contributed by atoms with Gasteiger partial charge in [-0.3, -0.25) is 4.79 Å². The quantitative estimate of drug-likeness (QED) is 0.674. The smallest absolute Gasteiger partial charge is 0.274 e. The van der Waals surface area contributed by atoms with E-state index in [0.29, 0.717) is 18.1 Å². The first-order valence-corrected chi connectivity index (χ1v) is 9.05. The van der Waals surface area contributed by atoms with E-state index in [9.17, 15) is 9.90 Å². The minimum atomic E-state index is -0.642. The molecule has 0 aliphatic rings. The second-order valence-corrected chi connectivity index (χ2v) is 7.09. The maximum absolute atomic E-state index is 11.6. The van der Waals surface area contributed by atoms with Gasteiger partial charge in [-0.25, -0.2) is 0 Å². The zero-order valence-electron chi connectivity index (χ0n) is 12.8. The minimum Gasteiger partial charge on any atom is -0.491 e. The van der Waals surface area contributed by atoms with E-state index in [1.807, 2.05) is 19.4 Å². The number of carbonyl (C=O) groups is 1. The molecule has 1 amide bonds. The van der Waals surface area contributed by atoms with Crippen LogP contribution in [0, 0.1) is 0 Å². The number of hydrogen-bond donors (Lipinski definition) is 2. The topological polar surface area (TPSA) is 67.8 Å². The Kier molecular flexibility index (Phi) is 8.19. The molecule has 0 aromatic heterocycles. The fourth-order valence-corrected chi connectivity index (χ4v) is 2.18. The molecule has 1 rings (SSSR count). The van der Waals surface area contributed by atoms with E-state index in [4.69, 9.17) is 9.47 Å². The molecule has 0 bridgehead atoms. The zero-order valence-corrected chi connectivity index (χ0v) is 13.6. The van der Waals surface area contributed by atoms with Crippen LogP contribution in [0.3, 0.4) is 0 Å². The Morgan fingerprint density at radius 2 is 1.95 bits per heavy atom. The average molecular weight is 314 g/mol. The predicted octanol–water partition coefficient (Wildman–Crippen LogP) is 1.28. The zero-order chi connectivity index (χ0) is 15.7. The fraction of sp³-hybridized carbons (Fsp3) is 0.533. The summed E-state index contributed by atoms with van der Waals surface area (Å²) in [6, 6.07) is 7.10. The molecule has 0 radical (unpaired) electrons. The van der Waals surface area contributed by atoms with E-state index >= 15 is 0 Å². The van der Waals surface area contributed by atoms with Crippen LogP contribution in [0.25, 0.3) is 0 Å². The molecule has 1 aromatic rings. The van der Waals surface area contributed by atoms with Crippen LogP contribution in [0.2, 0.25) is 0 Å². The summed E-state index contributed by atoms with van der Waals surface area (Å²) in [4.78, 5) is 11.6. The van der Waals surface area contributed by atoms with E-state index in [0.717, 1.165) is 5.69 Å². The van der Waals surface area contributed by atoms with Crippen molar-refractivity contribution in [2.24, 2.45) is 0 Å². The molecular formula is C15H24NO4S+. The highest BCUT2D eigenvalue weighted by Crippen LogP contribution is 2.16. The SMILES string of the molecule is CCOCC(O)COc1ccc(NC(=O)C[S+](C)C)cc1. The molecular weight excluding hydrogens is 290 g/mol. The van der Waals surface area contributed by atoms with Crippen molar-refractivity contribution in [3.63, 3.8) is 0 Å². The third kappa shape index (κ3) is 7.94. The Morgan fingerprint density at radius 3 is 2.52 bits per heavy atom. The first-order valence-electron chi connectivity index (χ1n) is 6.84. The molecule has 21 heavy (non-hydrogen) atoms.